The third-order valence-corrected chi connectivity index (χ3v) is 4.85. The molecule has 1 heterocycles. The largest absolute Gasteiger partial charge is 0.493 e. The maximum absolute atomic E-state index is 8.59. The van der Waals surface area contributed by atoms with Crippen LogP contribution in [0.25, 0.3) is 0 Å². The highest BCUT2D eigenvalue weighted by Crippen LogP contribution is 2.28. The number of aliphatic hydroxyl groups excluding tert-OH is 1. The lowest BCUT2D eigenvalue weighted by Crippen LogP contribution is -2.46. The molecule has 0 radical (unpaired) electrons. The van der Waals surface area contributed by atoms with Gasteiger partial charge in [0, 0.05) is 39.3 Å². The number of methoxy groups -OCH3 is 2. The summed E-state index contributed by atoms with van der Waals surface area (Å²) in [6, 6.07) is 6.12. The second kappa shape index (κ2) is 14.5. The van der Waals surface area contributed by atoms with Crippen LogP contribution in [-0.2, 0) is 20.8 Å². The predicted octanol–water partition coefficient (Wildman–Crippen LogP) is 0.864. The number of benzene rings is 1. The molecular formula is C21H36N2O6. The van der Waals surface area contributed by atoms with E-state index >= 15 is 0 Å². The van der Waals surface area contributed by atoms with Crippen molar-refractivity contribution < 1.29 is 28.8 Å². The SMILES string of the molecule is COc1ccc(CN2CCN(CCOCCOCCOCCO)CC2)cc1OC. The first-order valence-electron chi connectivity index (χ1n) is 10.3. The second-order valence-corrected chi connectivity index (χ2v) is 6.87. The maximum atomic E-state index is 8.59. The van der Waals surface area contributed by atoms with Crippen molar-refractivity contribution in [2.24, 2.45) is 0 Å². The highest BCUT2D eigenvalue weighted by Gasteiger charge is 2.17. The number of hydrogen-bond acceptors (Lipinski definition) is 8. The van der Waals surface area contributed by atoms with Gasteiger partial charge in [0.15, 0.2) is 11.5 Å². The molecule has 8 heteroatoms. The van der Waals surface area contributed by atoms with E-state index < -0.39 is 0 Å². The Morgan fingerprint density at radius 1 is 0.759 bits per heavy atom. The molecule has 0 saturated carbocycles. The third kappa shape index (κ3) is 9.29. The van der Waals surface area contributed by atoms with Gasteiger partial charge >= 0.3 is 0 Å². The van der Waals surface area contributed by atoms with Crippen LogP contribution in [0.5, 0.6) is 11.5 Å². The molecule has 0 unspecified atom stereocenters. The van der Waals surface area contributed by atoms with Crippen molar-refractivity contribution in [2.45, 2.75) is 6.54 Å². The standard InChI is InChI=1S/C21H36N2O6/c1-25-20-4-3-19(17-21(20)26-2)18-23-7-5-22(6-8-23)9-11-27-13-15-29-16-14-28-12-10-24/h3-4,17,24H,5-16,18H2,1-2H3. The number of piperazine rings is 1. The summed E-state index contributed by atoms with van der Waals surface area (Å²) >= 11 is 0. The Balaban J connectivity index is 1.52. The first-order chi connectivity index (χ1) is 14.3. The van der Waals surface area contributed by atoms with Gasteiger partial charge < -0.3 is 28.8 Å². The van der Waals surface area contributed by atoms with Gasteiger partial charge in [-0.05, 0) is 17.7 Å². The number of ether oxygens (including phenoxy) is 5. The van der Waals surface area contributed by atoms with Crippen molar-refractivity contribution in [1.82, 2.24) is 9.80 Å². The Bertz CT molecular complexity index is 552. The van der Waals surface area contributed by atoms with E-state index in [2.05, 4.69) is 21.9 Å². The zero-order valence-electron chi connectivity index (χ0n) is 17.8. The molecule has 1 aliphatic rings. The number of nitrogens with zero attached hydrogens (tertiary/aromatic N) is 2. The summed E-state index contributed by atoms with van der Waals surface area (Å²) in [5, 5.41) is 8.59. The van der Waals surface area contributed by atoms with Crippen molar-refractivity contribution in [3.05, 3.63) is 23.8 Å². The second-order valence-electron chi connectivity index (χ2n) is 6.87. The van der Waals surface area contributed by atoms with Crippen LogP contribution >= 0.6 is 0 Å². The predicted molar refractivity (Wildman–Crippen MR) is 111 cm³/mol. The fourth-order valence-electron chi connectivity index (χ4n) is 3.21. The normalized spacial score (nSPS) is 15.6. The lowest BCUT2D eigenvalue weighted by Gasteiger charge is -2.34. The number of aliphatic hydroxyl groups is 1. The fourth-order valence-corrected chi connectivity index (χ4v) is 3.21. The molecular weight excluding hydrogens is 376 g/mol. The van der Waals surface area contributed by atoms with Gasteiger partial charge in [-0.25, -0.2) is 0 Å². The van der Waals surface area contributed by atoms with Gasteiger partial charge in [0.2, 0.25) is 0 Å². The van der Waals surface area contributed by atoms with Crippen LogP contribution in [0.15, 0.2) is 18.2 Å². The van der Waals surface area contributed by atoms with Crippen molar-refractivity contribution in [1.29, 1.82) is 0 Å². The van der Waals surface area contributed by atoms with Gasteiger partial charge in [0.25, 0.3) is 0 Å². The Morgan fingerprint density at radius 3 is 1.97 bits per heavy atom. The van der Waals surface area contributed by atoms with E-state index in [0.29, 0.717) is 33.0 Å². The Morgan fingerprint density at radius 2 is 1.34 bits per heavy atom. The molecule has 1 saturated heterocycles. The molecule has 29 heavy (non-hydrogen) atoms. The van der Waals surface area contributed by atoms with Gasteiger partial charge in [0.05, 0.1) is 60.5 Å². The highest BCUT2D eigenvalue weighted by molar-refractivity contribution is 5.42. The van der Waals surface area contributed by atoms with Crippen LogP contribution in [0.1, 0.15) is 5.56 Å². The Hall–Kier alpha value is -1.42. The molecule has 0 amide bonds. The lowest BCUT2D eigenvalue weighted by atomic mass is 10.1. The summed E-state index contributed by atoms with van der Waals surface area (Å²) < 4.78 is 26.9. The van der Waals surface area contributed by atoms with Gasteiger partial charge in [-0.2, -0.15) is 0 Å². The van der Waals surface area contributed by atoms with Gasteiger partial charge in [0.1, 0.15) is 0 Å². The van der Waals surface area contributed by atoms with Crippen LogP contribution in [0.4, 0.5) is 0 Å². The van der Waals surface area contributed by atoms with Crippen LogP contribution in [0, 0.1) is 0 Å². The van der Waals surface area contributed by atoms with Crippen LogP contribution in [-0.4, -0.2) is 108 Å². The third-order valence-electron chi connectivity index (χ3n) is 4.85. The van der Waals surface area contributed by atoms with Crippen molar-refractivity contribution in [3.63, 3.8) is 0 Å². The molecule has 8 nitrogen and oxygen atoms in total. The van der Waals surface area contributed by atoms with Crippen molar-refractivity contribution >= 4 is 0 Å². The van der Waals surface area contributed by atoms with E-state index in [1.807, 2.05) is 6.07 Å². The summed E-state index contributed by atoms with van der Waals surface area (Å²) in [4.78, 5) is 4.90. The molecule has 0 atom stereocenters. The molecule has 1 aliphatic heterocycles. The summed E-state index contributed by atoms with van der Waals surface area (Å²) in [6.45, 7) is 9.41. The highest BCUT2D eigenvalue weighted by atomic mass is 16.5. The number of rotatable bonds is 15. The molecule has 0 bridgehead atoms. The minimum Gasteiger partial charge on any atom is -0.493 e. The molecule has 0 aromatic heterocycles. The number of hydrogen-bond donors (Lipinski definition) is 1. The van der Waals surface area contributed by atoms with Crippen LogP contribution in [0.2, 0.25) is 0 Å². The molecule has 0 aliphatic carbocycles. The first-order valence-corrected chi connectivity index (χ1v) is 10.3. The summed E-state index contributed by atoms with van der Waals surface area (Å²) in [7, 11) is 3.33. The minimum absolute atomic E-state index is 0.0492. The monoisotopic (exact) mass is 412 g/mol. The maximum Gasteiger partial charge on any atom is 0.161 e. The Kier molecular flexibility index (Phi) is 12.0. The minimum atomic E-state index is 0.0492. The van der Waals surface area contributed by atoms with E-state index in [-0.39, 0.29) is 6.61 Å². The summed E-state index contributed by atoms with van der Waals surface area (Å²) in [5.74, 6) is 1.55. The molecule has 1 aromatic carbocycles. The summed E-state index contributed by atoms with van der Waals surface area (Å²) in [6.07, 6.45) is 0. The molecule has 0 spiro atoms. The fraction of sp³-hybridized carbons (Fsp3) is 0.714. The van der Waals surface area contributed by atoms with E-state index in [1.54, 1.807) is 14.2 Å². The molecule has 166 valence electrons. The van der Waals surface area contributed by atoms with Crippen molar-refractivity contribution in [3.8, 4) is 11.5 Å². The molecule has 1 fully saturated rings. The van der Waals surface area contributed by atoms with E-state index in [9.17, 15) is 0 Å². The zero-order valence-corrected chi connectivity index (χ0v) is 17.8. The van der Waals surface area contributed by atoms with E-state index in [4.69, 9.17) is 28.8 Å². The smallest absolute Gasteiger partial charge is 0.161 e. The molecule has 1 N–H and O–H groups in total. The van der Waals surface area contributed by atoms with Gasteiger partial charge in [-0.1, -0.05) is 6.07 Å². The topological polar surface area (TPSA) is 72.9 Å². The van der Waals surface area contributed by atoms with Crippen LogP contribution < -0.4 is 9.47 Å². The first kappa shape index (κ1) is 23.9. The Labute approximate surface area is 174 Å². The average Bonchev–Trinajstić information content (AvgIpc) is 2.76. The van der Waals surface area contributed by atoms with Gasteiger partial charge in [-0.15, -0.1) is 0 Å². The zero-order chi connectivity index (χ0) is 20.7. The summed E-state index contributed by atoms with van der Waals surface area (Å²) in [5.41, 5.74) is 1.24. The van der Waals surface area contributed by atoms with Crippen molar-refractivity contribution in [2.75, 3.05) is 93.2 Å². The van der Waals surface area contributed by atoms with E-state index in [1.165, 1.54) is 5.56 Å². The quantitative estimate of drug-likeness (QED) is 0.426. The van der Waals surface area contributed by atoms with Gasteiger partial charge in [-0.3, -0.25) is 9.80 Å². The van der Waals surface area contributed by atoms with E-state index in [0.717, 1.165) is 57.4 Å². The lowest BCUT2D eigenvalue weighted by molar-refractivity contribution is 0.00245. The average molecular weight is 413 g/mol. The van der Waals surface area contributed by atoms with Crippen LogP contribution in [0.3, 0.4) is 0 Å². The molecule has 1 aromatic rings. The molecule has 2 rings (SSSR count).